The van der Waals surface area contributed by atoms with Crippen LogP contribution in [0.4, 0.5) is 5.69 Å². The van der Waals surface area contributed by atoms with Gasteiger partial charge in [0.05, 0.1) is 22.6 Å². The van der Waals surface area contributed by atoms with E-state index in [1.165, 1.54) is 13.2 Å². The van der Waals surface area contributed by atoms with Gasteiger partial charge in [0.15, 0.2) is 0 Å². The molecule has 1 aliphatic carbocycles. The number of methoxy groups -OCH3 is 1. The summed E-state index contributed by atoms with van der Waals surface area (Å²) in [7, 11) is 1.32. The number of esters is 1. The number of nitro groups is 1. The minimum absolute atomic E-state index is 0.0379. The maximum atomic E-state index is 11.3. The zero-order valence-corrected chi connectivity index (χ0v) is 13.9. The van der Waals surface area contributed by atoms with E-state index in [0.29, 0.717) is 16.5 Å². The highest BCUT2D eigenvalue weighted by Gasteiger charge is 2.25. The summed E-state index contributed by atoms with van der Waals surface area (Å²) in [6.07, 6.45) is 4.64. The predicted molar refractivity (Wildman–Crippen MR) is 84.0 cm³/mol. The molecule has 22 heavy (non-hydrogen) atoms. The smallest absolute Gasteiger partial charge is 0.312 e. The van der Waals surface area contributed by atoms with Crippen molar-refractivity contribution in [3.05, 3.63) is 32.3 Å². The molecule has 7 heteroatoms. The van der Waals surface area contributed by atoms with Crippen molar-refractivity contribution in [3.8, 4) is 5.75 Å². The van der Waals surface area contributed by atoms with E-state index in [2.05, 4.69) is 20.7 Å². The van der Waals surface area contributed by atoms with Gasteiger partial charge in [0.2, 0.25) is 5.75 Å². The highest BCUT2D eigenvalue weighted by atomic mass is 79.9. The number of aryl methyl sites for hydroxylation is 1. The van der Waals surface area contributed by atoms with Crippen molar-refractivity contribution in [2.24, 2.45) is 0 Å². The van der Waals surface area contributed by atoms with E-state index in [-0.39, 0.29) is 29.9 Å². The standard InChI is InChI=1S/C15H18BrNO5/c1-21-14(18)7-6-10-8-12(16)15(13(9-10)17(19)20)22-11-4-2-3-5-11/h8-9,11H,2-7H2,1H3. The zero-order valence-electron chi connectivity index (χ0n) is 12.3. The molecule has 0 aromatic heterocycles. The fourth-order valence-corrected chi connectivity index (χ4v) is 3.14. The number of nitro benzene ring substituents is 1. The Labute approximate surface area is 137 Å². The van der Waals surface area contributed by atoms with Gasteiger partial charge in [-0.1, -0.05) is 0 Å². The maximum absolute atomic E-state index is 11.3. The third kappa shape index (κ3) is 4.19. The molecule has 6 nitrogen and oxygen atoms in total. The molecule has 1 fully saturated rings. The van der Waals surface area contributed by atoms with E-state index >= 15 is 0 Å². The fraction of sp³-hybridized carbons (Fsp3) is 0.533. The molecule has 0 bridgehead atoms. The summed E-state index contributed by atoms with van der Waals surface area (Å²) in [6.45, 7) is 0. The van der Waals surface area contributed by atoms with Crippen LogP contribution < -0.4 is 4.74 Å². The van der Waals surface area contributed by atoms with Crippen molar-refractivity contribution >= 4 is 27.6 Å². The van der Waals surface area contributed by atoms with Crippen molar-refractivity contribution < 1.29 is 19.2 Å². The second-order valence-electron chi connectivity index (χ2n) is 5.28. The first-order valence-electron chi connectivity index (χ1n) is 7.21. The Bertz CT molecular complexity index is 569. The molecular formula is C15H18BrNO5. The number of halogens is 1. The molecule has 120 valence electrons. The van der Waals surface area contributed by atoms with Crippen LogP contribution in [0.3, 0.4) is 0 Å². The largest absolute Gasteiger partial charge is 0.483 e. The molecule has 1 saturated carbocycles. The van der Waals surface area contributed by atoms with Gasteiger partial charge in [0, 0.05) is 12.5 Å². The van der Waals surface area contributed by atoms with Crippen LogP contribution in [0.15, 0.2) is 16.6 Å². The van der Waals surface area contributed by atoms with Gasteiger partial charge in [-0.3, -0.25) is 14.9 Å². The molecule has 1 aliphatic rings. The highest BCUT2D eigenvalue weighted by molar-refractivity contribution is 9.10. The lowest BCUT2D eigenvalue weighted by atomic mass is 10.1. The summed E-state index contributed by atoms with van der Waals surface area (Å²) < 4.78 is 11.0. The SMILES string of the molecule is COC(=O)CCc1cc(Br)c(OC2CCCC2)c([N+](=O)[O-])c1. The summed E-state index contributed by atoms with van der Waals surface area (Å²) in [4.78, 5) is 22.1. The number of hydrogen-bond acceptors (Lipinski definition) is 5. The molecule has 2 rings (SSSR count). The van der Waals surface area contributed by atoms with E-state index in [1.54, 1.807) is 6.07 Å². The van der Waals surface area contributed by atoms with Gasteiger partial charge in [-0.15, -0.1) is 0 Å². The quantitative estimate of drug-likeness (QED) is 0.431. The number of ether oxygens (including phenoxy) is 2. The lowest BCUT2D eigenvalue weighted by Gasteiger charge is -2.15. The Kier molecular flexibility index (Phi) is 5.76. The Hall–Kier alpha value is -1.63. The summed E-state index contributed by atoms with van der Waals surface area (Å²) in [5.41, 5.74) is 0.629. The molecule has 0 heterocycles. The first-order chi connectivity index (χ1) is 10.5. The molecule has 0 amide bonds. The van der Waals surface area contributed by atoms with Crippen LogP contribution in [0.5, 0.6) is 5.75 Å². The molecule has 1 aromatic rings. The van der Waals surface area contributed by atoms with Crippen LogP contribution in [0.2, 0.25) is 0 Å². The third-order valence-electron chi connectivity index (χ3n) is 3.71. The summed E-state index contributed by atoms with van der Waals surface area (Å²) in [6, 6.07) is 3.23. The Morgan fingerprint density at radius 2 is 2.09 bits per heavy atom. The van der Waals surface area contributed by atoms with E-state index < -0.39 is 4.92 Å². The van der Waals surface area contributed by atoms with Gasteiger partial charge in [0.25, 0.3) is 0 Å². The zero-order chi connectivity index (χ0) is 16.1. The van der Waals surface area contributed by atoms with Crippen molar-refractivity contribution in [2.75, 3.05) is 7.11 Å². The average Bonchev–Trinajstić information content (AvgIpc) is 2.99. The van der Waals surface area contributed by atoms with Crippen LogP contribution in [0.25, 0.3) is 0 Å². The minimum Gasteiger partial charge on any atom is -0.483 e. The molecular weight excluding hydrogens is 354 g/mol. The van der Waals surface area contributed by atoms with Crippen molar-refractivity contribution in [1.82, 2.24) is 0 Å². The van der Waals surface area contributed by atoms with E-state index in [0.717, 1.165) is 25.7 Å². The topological polar surface area (TPSA) is 78.7 Å². The number of nitrogens with zero attached hydrogens (tertiary/aromatic N) is 1. The van der Waals surface area contributed by atoms with Crippen LogP contribution in [-0.2, 0) is 16.0 Å². The third-order valence-corrected chi connectivity index (χ3v) is 4.30. The molecule has 0 atom stereocenters. The second kappa shape index (κ2) is 7.58. The molecule has 0 saturated heterocycles. The Morgan fingerprint density at radius 3 is 2.68 bits per heavy atom. The van der Waals surface area contributed by atoms with Gasteiger partial charge in [-0.2, -0.15) is 0 Å². The monoisotopic (exact) mass is 371 g/mol. The molecule has 0 unspecified atom stereocenters. The fourth-order valence-electron chi connectivity index (χ4n) is 2.55. The lowest BCUT2D eigenvalue weighted by Crippen LogP contribution is -2.13. The van der Waals surface area contributed by atoms with E-state index in [1.807, 2.05) is 0 Å². The number of hydrogen-bond donors (Lipinski definition) is 0. The average molecular weight is 372 g/mol. The normalized spacial score (nSPS) is 14.8. The van der Waals surface area contributed by atoms with Crippen LogP contribution in [0.1, 0.15) is 37.7 Å². The second-order valence-corrected chi connectivity index (χ2v) is 6.14. The molecule has 1 aromatic carbocycles. The first kappa shape index (κ1) is 16.7. The number of carbonyl (C=O) groups excluding carboxylic acids is 1. The lowest BCUT2D eigenvalue weighted by molar-refractivity contribution is -0.386. The first-order valence-corrected chi connectivity index (χ1v) is 8.01. The summed E-state index contributed by atoms with van der Waals surface area (Å²) >= 11 is 3.35. The molecule has 0 N–H and O–H groups in total. The summed E-state index contributed by atoms with van der Waals surface area (Å²) in [5, 5.41) is 11.3. The van der Waals surface area contributed by atoms with Crippen LogP contribution >= 0.6 is 15.9 Å². The summed E-state index contributed by atoms with van der Waals surface area (Å²) in [5.74, 6) is -0.0659. The minimum atomic E-state index is -0.448. The van der Waals surface area contributed by atoms with Gasteiger partial charge >= 0.3 is 11.7 Å². The predicted octanol–water partition coefficient (Wildman–Crippen LogP) is 3.78. The molecule has 0 spiro atoms. The van der Waals surface area contributed by atoms with Crippen molar-refractivity contribution in [1.29, 1.82) is 0 Å². The van der Waals surface area contributed by atoms with Crippen LogP contribution in [0, 0.1) is 10.1 Å². The Morgan fingerprint density at radius 1 is 1.41 bits per heavy atom. The van der Waals surface area contributed by atoms with Gasteiger partial charge in [-0.25, -0.2) is 0 Å². The van der Waals surface area contributed by atoms with Gasteiger partial charge in [0.1, 0.15) is 0 Å². The number of carbonyl (C=O) groups is 1. The van der Waals surface area contributed by atoms with Crippen LogP contribution in [-0.4, -0.2) is 24.1 Å². The Balaban J connectivity index is 2.21. The number of rotatable bonds is 6. The maximum Gasteiger partial charge on any atom is 0.312 e. The van der Waals surface area contributed by atoms with Crippen molar-refractivity contribution in [3.63, 3.8) is 0 Å². The van der Waals surface area contributed by atoms with E-state index in [9.17, 15) is 14.9 Å². The van der Waals surface area contributed by atoms with Gasteiger partial charge < -0.3 is 9.47 Å². The molecule has 0 radical (unpaired) electrons. The highest BCUT2D eigenvalue weighted by Crippen LogP contribution is 2.39. The van der Waals surface area contributed by atoms with Crippen molar-refractivity contribution in [2.45, 2.75) is 44.6 Å². The molecule has 0 aliphatic heterocycles. The van der Waals surface area contributed by atoms with E-state index in [4.69, 9.17) is 4.74 Å². The van der Waals surface area contributed by atoms with Gasteiger partial charge in [-0.05, 0) is 59.7 Å². The number of benzene rings is 1.